The number of fused-ring (bicyclic) bond motifs is 2. The molecule has 0 saturated carbocycles. The molecule has 4 aromatic rings. The number of anilines is 1. The summed E-state index contributed by atoms with van der Waals surface area (Å²) in [6, 6.07) is 21.8. The number of phenols is 2. The fraction of sp³-hybridized carbons (Fsp3) is 0.278. The average molecular weight is 593 g/mol. The van der Waals surface area contributed by atoms with Crippen LogP contribution in [0.15, 0.2) is 94.6 Å². The number of rotatable bonds is 8. The van der Waals surface area contributed by atoms with Gasteiger partial charge in [-0.05, 0) is 68.3 Å². The van der Waals surface area contributed by atoms with Gasteiger partial charge in [-0.2, -0.15) is 0 Å². The van der Waals surface area contributed by atoms with Gasteiger partial charge < -0.3 is 15.1 Å². The summed E-state index contributed by atoms with van der Waals surface area (Å²) < 4.78 is 4.54. The number of benzene rings is 3. The van der Waals surface area contributed by atoms with Gasteiger partial charge in [0.05, 0.1) is 13.1 Å². The molecule has 0 bridgehead atoms. The molecule has 0 fully saturated rings. The average Bonchev–Trinajstić information content (AvgIpc) is 3.44. The van der Waals surface area contributed by atoms with Gasteiger partial charge in [0.15, 0.2) is 28.3 Å². The minimum atomic E-state index is -0.252. The van der Waals surface area contributed by atoms with Gasteiger partial charge in [0.25, 0.3) is 5.82 Å². The van der Waals surface area contributed by atoms with Gasteiger partial charge in [-0.15, -0.1) is 11.8 Å². The number of aromatic nitrogens is 2. The van der Waals surface area contributed by atoms with Crippen molar-refractivity contribution in [3.05, 3.63) is 112 Å². The quantitative estimate of drug-likeness (QED) is 0.128. The SMILES string of the molecule is CCN1C(=CC2=C(SCc3ccc(O)c(O)c3)C(=Cc3n(CC)c4ccccc4[n+]3CC)C2=O)C(C)(C)c2ccccc21. The smallest absolute Gasteiger partial charge is 0.283 e. The zero-order valence-corrected chi connectivity index (χ0v) is 26.2. The summed E-state index contributed by atoms with van der Waals surface area (Å²) in [5, 5.41) is 19.9. The molecule has 3 aromatic carbocycles. The number of imidazole rings is 1. The van der Waals surface area contributed by atoms with Crippen molar-refractivity contribution < 1.29 is 19.6 Å². The molecule has 0 spiro atoms. The molecule has 0 radical (unpaired) electrons. The molecule has 6 rings (SSSR count). The zero-order chi connectivity index (χ0) is 30.5. The number of ketones is 1. The molecule has 0 atom stereocenters. The van der Waals surface area contributed by atoms with Crippen molar-refractivity contribution in [2.24, 2.45) is 0 Å². The number of hydrogen-bond donors (Lipinski definition) is 2. The van der Waals surface area contributed by atoms with E-state index in [4.69, 9.17) is 0 Å². The summed E-state index contributed by atoms with van der Waals surface area (Å²) in [4.78, 5) is 17.3. The molecule has 43 heavy (non-hydrogen) atoms. The minimum absolute atomic E-state index is 0.0434. The largest absolute Gasteiger partial charge is 0.504 e. The van der Waals surface area contributed by atoms with E-state index in [1.165, 1.54) is 17.3 Å². The van der Waals surface area contributed by atoms with Crippen molar-refractivity contribution >= 4 is 40.3 Å². The summed E-state index contributed by atoms with van der Waals surface area (Å²) in [6.07, 6.45) is 4.16. The van der Waals surface area contributed by atoms with Gasteiger partial charge in [-0.3, -0.25) is 4.79 Å². The first kappa shape index (κ1) is 28.9. The van der Waals surface area contributed by atoms with E-state index in [9.17, 15) is 15.0 Å². The maximum Gasteiger partial charge on any atom is 0.283 e. The highest BCUT2D eigenvalue weighted by molar-refractivity contribution is 8.02. The van der Waals surface area contributed by atoms with Crippen molar-refractivity contribution in [3.63, 3.8) is 0 Å². The second-order valence-corrected chi connectivity index (χ2v) is 12.5. The van der Waals surface area contributed by atoms with Crippen LogP contribution in [-0.4, -0.2) is 27.1 Å². The van der Waals surface area contributed by atoms with Crippen LogP contribution in [0.4, 0.5) is 5.69 Å². The van der Waals surface area contributed by atoms with E-state index in [-0.39, 0.29) is 22.7 Å². The maximum absolute atomic E-state index is 14.1. The lowest BCUT2D eigenvalue weighted by Crippen LogP contribution is -2.36. The molecule has 2 heterocycles. The summed E-state index contributed by atoms with van der Waals surface area (Å²) >= 11 is 1.60. The van der Waals surface area contributed by atoms with Crippen LogP contribution in [0, 0.1) is 0 Å². The minimum Gasteiger partial charge on any atom is -0.504 e. The zero-order valence-electron chi connectivity index (χ0n) is 25.4. The van der Waals surface area contributed by atoms with E-state index >= 15 is 0 Å². The fourth-order valence-corrected chi connectivity index (χ4v) is 7.61. The van der Waals surface area contributed by atoms with Crippen molar-refractivity contribution in [1.82, 2.24) is 4.57 Å². The molecular weight excluding hydrogens is 554 g/mol. The third-order valence-corrected chi connectivity index (χ3v) is 9.93. The van der Waals surface area contributed by atoms with Gasteiger partial charge in [0, 0.05) is 51.2 Å². The van der Waals surface area contributed by atoms with E-state index < -0.39 is 0 Å². The van der Waals surface area contributed by atoms with Crippen molar-refractivity contribution in [2.75, 3.05) is 11.4 Å². The predicted octanol–water partition coefficient (Wildman–Crippen LogP) is 7.24. The van der Waals surface area contributed by atoms with Crippen LogP contribution in [0.2, 0.25) is 0 Å². The van der Waals surface area contributed by atoms with Crippen LogP contribution < -0.4 is 9.47 Å². The molecule has 6 nitrogen and oxygen atoms in total. The first-order valence-electron chi connectivity index (χ1n) is 15.0. The second kappa shape index (κ2) is 11.1. The lowest BCUT2D eigenvalue weighted by Gasteiger charge is -2.29. The number of thioether (sulfide) groups is 1. The topological polar surface area (TPSA) is 69.6 Å². The monoisotopic (exact) mass is 592 g/mol. The number of hydrogen-bond acceptors (Lipinski definition) is 5. The van der Waals surface area contributed by atoms with Crippen molar-refractivity contribution in [2.45, 2.75) is 58.9 Å². The molecule has 220 valence electrons. The number of Topliss-reactive ketones (excluding diaryl/α,β-unsaturated/α-hetero) is 1. The predicted molar refractivity (Wildman–Crippen MR) is 175 cm³/mol. The number of likely N-dealkylation sites (N-methyl/N-ethyl adjacent to an activating group) is 1. The fourth-order valence-electron chi connectivity index (χ4n) is 6.51. The third-order valence-electron chi connectivity index (χ3n) is 8.72. The highest BCUT2D eigenvalue weighted by Gasteiger charge is 2.42. The maximum atomic E-state index is 14.1. The number of carbonyl (C=O) groups is 1. The van der Waals surface area contributed by atoms with E-state index in [1.807, 2.05) is 0 Å². The van der Waals surface area contributed by atoms with E-state index in [1.54, 1.807) is 23.9 Å². The van der Waals surface area contributed by atoms with Crippen LogP contribution in [0.1, 0.15) is 51.6 Å². The highest BCUT2D eigenvalue weighted by Crippen LogP contribution is 2.50. The van der Waals surface area contributed by atoms with Crippen molar-refractivity contribution in [3.8, 4) is 11.5 Å². The number of phenolic OH excluding ortho intramolecular Hbond substituents is 2. The van der Waals surface area contributed by atoms with Crippen LogP contribution in [-0.2, 0) is 29.1 Å². The molecule has 1 aromatic heterocycles. The molecule has 2 N–H and O–H groups in total. The highest BCUT2D eigenvalue weighted by atomic mass is 32.2. The van der Waals surface area contributed by atoms with E-state index in [0.717, 1.165) is 58.2 Å². The summed E-state index contributed by atoms with van der Waals surface area (Å²) in [5.74, 6) is 1.31. The number of aromatic hydroxyl groups is 2. The van der Waals surface area contributed by atoms with Crippen LogP contribution in [0.3, 0.4) is 0 Å². The Balaban J connectivity index is 1.49. The van der Waals surface area contributed by atoms with Gasteiger partial charge in [0.1, 0.15) is 0 Å². The van der Waals surface area contributed by atoms with Crippen LogP contribution in [0.5, 0.6) is 11.5 Å². The van der Waals surface area contributed by atoms with E-state index in [2.05, 4.69) is 109 Å². The molecule has 0 unspecified atom stereocenters. The van der Waals surface area contributed by atoms with Gasteiger partial charge in [-0.1, -0.05) is 50.2 Å². The lowest BCUT2D eigenvalue weighted by atomic mass is 9.81. The van der Waals surface area contributed by atoms with Gasteiger partial charge >= 0.3 is 0 Å². The number of nitrogens with zero attached hydrogens (tertiary/aromatic N) is 3. The van der Waals surface area contributed by atoms with Crippen LogP contribution >= 0.6 is 11.8 Å². The standard InChI is InChI=1S/C36H37N3O3S/c1-6-37-27-14-10-9-13-26(27)36(4,5)32(37)20-24-34(42)25(35(24)43-22-23-17-18-30(40)31(41)19-23)21-33-38(7-2)28-15-11-12-16-29(28)39(33)8-3/h9-21,42H,6-8,22H2,1-5H3/p+1. The van der Waals surface area contributed by atoms with Gasteiger partial charge in [0.2, 0.25) is 0 Å². The van der Waals surface area contributed by atoms with Crippen LogP contribution in [0.25, 0.3) is 17.1 Å². The number of aryl methyl sites for hydroxylation is 2. The Bertz CT molecular complexity index is 1820. The third kappa shape index (κ3) is 4.67. The second-order valence-electron chi connectivity index (χ2n) is 11.5. The number of carbonyl (C=O) groups excluding carboxylic acids is 1. The number of para-hydroxylation sites is 3. The Kier molecular flexibility index (Phi) is 7.46. The molecule has 1 aliphatic carbocycles. The van der Waals surface area contributed by atoms with E-state index in [0.29, 0.717) is 11.3 Å². The Labute approximate surface area is 257 Å². The molecule has 0 saturated heterocycles. The first-order valence-corrected chi connectivity index (χ1v) is 15.9. The Morgan fingerprint density at radius 2 is 1.65 bits per heavy atom. The first-order chi connectivity index (χ1) is 20.7. The summed E-state index contributed by atoms with van der Waals surface area (Å²) in [5.41, 5.74) is 7.90. The van der Waals surface area contributed by atoms with Crippen molar-refractivity contribution in [1.29, 1.82) is 0 Å². The summed E-state index contributed by atoms with van der Waals surface area (Å²) in [7, 11) is 0. The Morgan fingerprint density at radius 1 is 0.907 bits per heavy atom. The number of allylic oxidation sites excluding steroid dienone is 4. The van der Waals surface area contributed by atoms with Gasteiger partial charge in [-0.25, -0.2) is 9.13 Å². The molecule has 2 aliphatic rings. The molecular formula is C36H38N3O3S+. The normalized spacial score (nSPS) is 17.8. The molecule has 7 heteroatoms. The lowest BCUT2D eigenvalue weighted by molar-refractivity contribution is -0.670. The summed E-state index contributed by atoms with van der Waals surface area (Å²) in [6.45, 7) is 13.2. The Morgan fingerprint density at radius 3 is 2.37 bits per heavy atom. The molecule has 0 amide bonds. The molecule has 1 aliphatic heterocycles. The Hall–Kier alpha value is -4.23.